The Morgan fingerprint density at radius 1 is 0.885 bits per heavy atom. The van der Waals surface area contributed by atoms with Crippen LogP contribution in [0, 0.1) is 5.92 Å². The Morgan fingerprint density at radius 2 is 1.31 bits per heavy atom. The van der Waals surface area contributed by atoms with E-state index in [1.54, 1.807) is 10.0 Å². The van der Waals surface area contributed by atoms with Gasteiger partial charge in [0.25, 0.3) is 11.8 Å². The standard InChI is InChI=1S/C18H24N2O4S2/c1-3-5-9-19-16(23)13(17(24)20(19)10-6-4-2)18-25-14-11(21)7-8-12(22)15(14)26-18/h7-8,13,18,21-22H,3-6,9-10H2,1-2H3. The number of hydrogen-bond donors (Lipinski definition) is 2. The molecule has 2 heterocycles. The van der Waals surface area contributed by atoms with Crippen molar-refractivity contribution in [3.8, 4) is 11.5 Å². The van der Waals surface area contributed by atoms with Crippen LogP contribution in [-0.4, -0.2) is 49.7 Å². The lowest BCUT2D eigenvalue weighted by Gasteiger charge is -2.27. The van der Waals surface area contributed by atoms with Crippen LogP contribution in [0.4, 0.5) is 0 Å². The maximum Gasteiger partial charge on any atom is 0.255 e. The van der Waals surface area contributed by atoms with Crippen LogP contribution in [0.5, 0.6) is 11.5 Å². The molecule has 1 aromatic rings. The highest BCUT2D eigenvalue weighted by atomic mass is 32.2. The molecule has 3 rings (SSSR count). The first-order valence-corrected chi connectivity index (χ1v) is 10.8. The lowest BCUT2D eigenvalue weighted by molar-refractivity contribution is -0.147. The molecule has 142 valence electrons. The van der Waals surface area contributed by atoms with E-state index in [0.29, 0.717) is 22.9 Å². The third-order valence-corrected chi connectivity index (χ3v) is 7.60. The van der Waals surface area contributed by atoms with Crippen LogP contribution in [0.25, 0.3) is 0 Å². The number of carbonyl (C=O) groups excluding carboxylic acids is 2. The van der Waals surface area contributed by atoms with E-state index in [2.05, 4.69) is 13.8 Å². The Kier molecular flexibility index (Phi) is 5.92. The second-order valence-corrected chi connectivity index (χ2v) is 9.08. The SMILES string of the molecule is CCCCN1C(=O)C(C2Sc3c(O)ccc(O)c3S2)C(=O)N1CCCC. The number of benzene rings is 1. The molecule has 0 aliphatic carbocycles. The van der Waals surface area contributed by atoms with Gasteiger partial charge in [0.2, 0.25) is 0 Å². The van der Waals surface area contributed by atoms with E-state index in [-0.39, 0.29) is 27.9 Å². The van der Waals surface area contributed by atoms with Gasteiger partial charge < -0.3 is 10.2 Å². The lowest BCUT2D eigenvalue weighted by atomic mass is 10.1. The number of carbonyl (C=O) groups is 2. The molecule has 0 atom stereocenters. The van der Waals surface area contributed by atoms with Crippen LogP contribution in [0.3, 0.4) is 0 Å². The molecule has 0 radical (unpaired) electrons. The first-order chi connectivity index (χ1) is 12.5. The molecular formula is C18H24N2O4S2. The van der Waals surface area contributed by atoms with Crippen molar-refractivity contribution in [2.24, 2.45) is 5.92 Å². The Labute approximate surface area is 161 Å². The third-order valence-electron chi connectivity index (χ3n) is 4.59. The average Bonchev–Trinajstić information content (AvgIpc) is 3.15. The zero-order valence-electron chi connectivity index (χ0n) is 15.0. The summed E-state index contributed by atoms with van der Waals surface area (Å²) in [6, 6.07) is 2.87. The van der Waals surface area contributed by atoms with Crippen molar-refractivity contribution in [2.75, 3.05) is 13.1 Å². The van der Waals surface area contributed by atoms with Crippen molar-refractivity contribution in [2.45, 2.75) is 53.9 Å². The number of phenolic OH excluding ortho intramolecular Hbond substituents is 2. The molecule has 0 bridgehead atoms. The highest BCUT2D eigenvalue weighted by Gasteiger charge is 2.51. The monoisotopic (exact) mass is 396 g/mol. The molecule has 2 N–H and O–H groups in total. The number of thioether (sulfide) groups is 2. The first kappa shape index (κ1) is 19.2. The summed E-state index contributed by atoms with van der Waals surface area (Å²) >= 11 is 2.58. The summed E-state index contributed by atoms with van der Waals surface area (Å²) in [5, 5.41) is 23.3. The fraction of sp³-hybridized carbons (Fsp3) is 0.556. The molecule has 2 aliphatic rings. The van der Waals surface area contributed by atoms with E-state index in [4.69, 9.17) is 0 Å². The predicted molar refractivity (Wildman–Crippen MR) is 102 cm³/mol. The normalized spacial score (nSPS) is 18.2. The minimum atomic E-state index is -0.787. The summed E-state index contributed by atoms with van der Waals surface area (Å²) in [7, 11) is 0. The van der Waals surface area contributed by atoms with Gasteiger partial charge in [-0.15, -0.1) is 23.5 Å². The molecular weight excluding hydrogens is 372 g/mol. The molecule has 0 saturated carbocycles. The molecule has 1 fully saturated rings. The zero-order valence-corrected chi connectivity index (χ0v) is 16.6. The number of phenols is 2. The molecule has 0 aromatic heterocycles. The number of fused-ring (bicyclic) bond motifs is 1. The molecule has 1 aromatic carbocycles. The number of rotatable bonds is 7. The van der Waals surface area contributed by atoms with Crippen molar-refractivity contribution < 1.29 is 19.8 Å². The molecule has 8 heteroatoms. The average molecular weight is 397 g/mol. The van der Waals surface area contributed by atoms with E-state index in [1.807, 2.05) is 0 Å². The minimum Gasteiger partial charge on any atom is -0.507 e. The van der Waals surface area contributed by atoms with Gasteiger partial charge in [0.15, 0.2) is 0 Å². The number of aromatic hydroxyl groups is 2. The topological polar surface area (TPSA) is 81.1 Å². The zero-order chi connectivity index (χ0) is 18.8. The number of unbranched alkanes of at least 4 members (excludes halogenated alkanes) is 2. The number of hydrazine groups is 1. The van der Waals surface area contributed by atoms with Gasteiger partial charge in [0, 0.05) is 13.1 Å². The van der Waals surface area contributed by atoms with Crippen molar-refractivity contribution in [3.63, 3.8) is 0 Å². The minimum absolute atomic E-state index is 0.0707. The van der Waals surface area contributed by atoms with Gasteiger partial charge in [-0.3, -0.25) is 19.6 Å². The molecule has 0 unspecified atom stereocenters. The smallest absolute Gasteiger partial charge is 0.255 e. The van der Waals surface area contributed by atoms with E-state index in [0.717, 1.165) is 25.7 Å². The van der Waals surface area contributed by atoms with Crippen LogP contribution in [0.2, 0.25) is 0 Å². The molecule has 6 nitrogen and oxygen atoms in total. The van der Waals surface area contributed by atoms with Gasteiger partial charge in [0.05, 0.1) is 14.4 Å². The highest BCUT2D eigenvalue weighted by molar-refractivity contribution is 8.19. The summed E-state index contributed by atoms with van der Waals surface area (Å²) < 4.78 is -0.375. The predicted octanol–water partition coefficient (Wildman–Crippen LogP) is 3.42. The second kappa shape index (κ2) is 8.00. The van der Waals surface area contributed by atoms with Crippen molar-refractivity contribution >= 4 is 35.3 Å². The van der Waals surface area contributed by atoms with Crippen LogP contribution in [-0.2, 0) is 9.59 Å². The van der Waals surface area contributed by atoms with Gasteiger partial charge >= 0.3 is 0 Å². The maximum atomic E-state index is 13.0. The third kappa shape index (κ3) is 3.36. The van der Waals surface area contributed by atoms with E-state index >= 15 is 0 Å². The number of hydrogen-bond acceptors (Lipinski definition) is 6. The Morgan fingerprint density at radius 3 is 1.69 bits per heavy atom. The number of amides is 2. The van der Waals surface area contributed by atoms with Crippen molar-refractivity contribution in [3.05, 3.63) is 12.1 Å². The molecule has 2 aliphatic heterocycles. The lowest BCUT2D eigenvalue weighted by Crippen LogP contribution is -2.42. The molecule has 2 amide bonds. The molecule has 0 spiro atoms. The summed E-state index contributed by atoms with van der Waals surface area (Å²) in [4.78, 5) is 27.1. The maximum absolute atomic E-state index is 13.0. The van der Waals surface area contributed by atoms with Crippen LogP contribution < -0.4 is 0 Å². The summed E-state index contributed by atoms with van der Waals surface area (Å²) in [6.45, 7) is 5.21. The van der Waals surface area contributed by atoms with Gasteiger partial charge in [-0.25, -0.2) is 0 Å². The van der Waals surface area contributed by atoms with E-state index in [1.165, 1.54) is 35.7 Å². The Bertz CT molecular complexity index is 656. The van der Waals surface area contributed by atoms with Gasteiger partial charge in [-0.1, -0.05) is 26.7 Å². The van der Waals surface area contributed by atoms with Crippen LogP contribution in [0.15, 0.2) is 21.9 Å². The fourth-order valence-electron chi connectivity index (χ4n) is 3.14. The summed E-state index contributed by atoms with van der Waals surface area (Å²) in [5.41, 5.74) is 0. The van der Waals surface area contributed by atoms with Crippen LogP contribution in [0.1, 0.15) is 39.5 Å². The van der Waals surface area contributed by atoms with E-state index < -0.39 is 5.92 Å². The summed E-state index contributed by atoms with van der Waals surface area (Å²) in [6.07, 6.45) is 3.59. The van der Waals surface area contributed by atoms with Crippen molar-refractivity contribution in [1.82, 2.24) is 10.0 Å². The van der Waals surface area contributed by atoms with Gasteiger partial charge in [-0.05, 0) is 25.0 Å². The first-order valence-electron chi connectivity index (χ1n) is 9.00. The number of nitrogens with zero attached hydrogens (tertiary/aromatic N) is 2. The fourth-order valence-corrected chi connectivity index (χ4v) is 6.20. The summed E-state index contributed by atoms with van der Waals surface area (Å²) in [5.74, 6) is -0.986. The second-order valence-electron chi connectivity index (χ2n) is 6.47. The quantitative estimate of drug-likeness (QED) is 0.543. The highest BCUT2D eigenvalue weighted by Crippen LogP contribution is 2.58. The van der Waals surface area contributed by atoms with Crippen molar-refractivity contribution in [1.29, 1.82) is 0 Å². The Hall–Kier alpha value is -1.54. The molecule has 26 heavy (non-hydrogen) atoms. The Balaban J connectivity index is 1.83. The van der Waals surface area contributed by atoms with Gasteiger partial charge in [-0.2, -0.15) is 0 Å². The van der Waals surface area contributed by atoms with Gasteiger partial charge in [0.1, 0.15) is 17.4 Å². The van der Waals surface area contributed by atoms with Crippen LogP contribution >= 0.6 is 23.5 Å². The van der Waals surface area contributed by atoms with E-state index in [9.17, 15) is 19.8 Å². The molecule has 1 saturated heterocycles. The largest absolute Gasteiger partial charge is 0.507 e.